The van der Waals surface area contributed by atoms with Gasteiger partial charge in [-0.3, -0.25) is 0 Å². The molecule has 0 amide bonds. The van der Waals surface area contributed by atoms with Gasteiger partial charge >= 0.3 is 0 Å². The number of aliphatic imine (C=N–C) groups is 1. The average molecular weight is 199 g/mol. The summed E-state index contributed by atoms with van der Waals surface area (Å²) in [5.41, 5.74) is 0. The summed E-state index contributed by atoms with van der Waals surface area (Å²) in [7, 11) is 0. The Bertz CT molecular complexity index is 69.3. The fourth-order valence-corrected chi connectivity index (χ4v) is 0. The van der Waals surface area contributed by atoms with Gasteiger partial charge in [0.2, 0.25) is 0 Å². The minimum atomic E-state index is 0.833. The van der Waals surface area contributed by atoms with Crippen molar-refractivity contribution in [2.75, 3.05) is 6.54 Å². The monoisotopic (exact) mass is 199 g/mol. The van der Waals surface area contributed by atoms with Crippen LogP contribution >= 0.6 is 0 Å². The summed E-state index contributed by atoms with van der Waals surface area (Å²) in [4.78, 5) is 3.49. The molecule has 0 saturated heterocycles. The topological polar surface area (TPSA) is 12.4 Å². The van der Waals surface area contributed by atoms with Crippen molar-refractivity contribution in [1.29, 1.82) is 0 Å². The largest absolute Gasteiger partial charge is 0.301 e. The molecule has 0 aliphatic rings. The first-order valence-electron chi connectivity index (χ1n) is 4.99. The molecule has 0 N–H and O–H groups in total. The van der Waals surface area contributed by atoms with Gasteiger partial charge in [-0.2, -0.15) is 0 Å². The molecule has 0 aromatic carbocycles. The van der Waals surface area contributed by atoms with Crippen LogP contribution in [-0.2, 0) is 0 Å². The molecule has 1 nitrogen and oxygen atoms in total. The summed E-state index contributed by atoms with van der Waals surface area (Å²) >= 11 is 0. The zero-order valence-corrected chi connectivity index (χ0v) is 10.8. The van der Waals surface area contributed by atoms with Crippen LogP contribution in [0.1, 0.15) is 34.6 Å². The lowest BCUT2D eigenvalue weighted by Gasteiger charge is -1.61. The van der Waals surface area contributed by atoms with Crippen LogP contribution in [0.5, 0.6) is 0 Å². The van der Waals surface area contributed by atoms with Gasteiger partial charge in [-0.25, -0.2) is 0 Å². The van der Waals surface area contributed by atoms with Gasteiger partial charge in [0.25, 0.3) is 0 Å². The maximum atomic E-state index is 3.49. The first kappa shape index (κ1) is 29.3. The van der Waals surface area contributed by atoms with Crippen molar-refractivity contribution < 1.29 is 0 Å². The summed E-state index contributed by atoms with van der Waals surface area (Å²) in [6.07, 6.45) is 3.28. The first-order chi connectivity index (χ1) is 6.83. The van der Waals surface area contributed by atoms with Crippen LogP contribution in [0.4, 0.5) is 0 Å². The minimum Gasteiger partial charge on any atom is -0.301 e. The van der Waals surface area contributed by atoms with E-state index in [1.807, 2.05) is 34.6 Å². The summed E-state index contributed by atoms with van der Waals surface area (Å²) < 4.78 is 0. The van der Waals surface area contributed by atoms with Crippen molar-refractivity contribution in [2.24, 2.45) is 4.99 Å². The fourth-order valence-electron chi connectivity index (χ4n) is 0. The van der Waals surface area contributed by atoms with Crippen LogP contribution in [0.25, 0.3) is 0 Å². The molecule has 0 spiro atoms. The number of hydrogen-bond acceptors (Lipinski definition) is 1. The van der Waals surface area contributed by atoms with Gasteiger partial charge in [0.05, 0.1) is 0 Å². The molecular weight excluding hydrogens is 170 g/mol. The second-order valence-corrected chi connectivity index (χ2v) is 1.01. The highest BCUT2D eigenvalue weighted by Crippen LogP contribution is 1.52. The smallest absolute Gasteiger partial charge is 0.0353 e. The van der Waals surface area contributed by atoms with Gasteiger partial charge < -0.3 is 4.99 Å². The molecular formula is C13H29N. The zero-order chi connectivity index (χ0) is 12.8. The third-order valence-corrected chi connectivity index (χ3v) is 0.390. The molecule has 0 unspecified atom stereocenters. The molecule has 0 rings (SSSR count). The number of hydrogen-bond donors (Lipinski definition) is 0. The van der Waals surface area contributed by atoms with E-state index >= 15 is 0 Å². The van der Waals surface area contributed by atoms with Gasteiger partial charge in [0.1, 0.15) is 0 Å². The molecule has 0 atom stereocenters. The van der Waals surface area contributed by atoms with Crippen LogP contribution in [0.15, 0.2) is 43.5 Å². The molecule has 0 radical (unpaired) electrons. The molecule has 0 fully saturated rings. The highest BCUT2D eigenvalue weighted by atomic mass is 14.6. The first-order valence-corrected chi connectivity index (χ1v) is 4.99. The van der Waals surface area contributed by atoms with Gasteiger partial charge in [-0.05, 0) is 13.6 Å². The SMILES string of the molecule is C=C.C=CC=C.C=NCC.CC.CC. The lowest BCUT2D eigenvalue weighted by atomic mass is 10.6. The molecule has 14 heavy (non-hydrogen) atoms. The highest BCUT2D eigenvalue weighted by molar-refractivity contribution is 5.22. The van der Waals surface area contributed by atoms with E-state index in [1.54, 1.807) is 12.2 Å². The molecule has 0 saturated carbocycles. The summed E-state index contributed by atoms with van der Waals surface area (Å²) in [6, 6.07) is 0. The molecule has 0 aliphatic carbocycles. The van der Waals surface area contributed by atoms with E-state index in [1.165, 1.54) is 0 Å². The maximum Gasteiger partial charge on any atom is 0.0353 e. The summed E-state index contributed by atoms with van der Waals surface area (Å²) in [5, 5.41) is 0. The van der Waals surface area contributed by atoms with Crippen molar-refractivity contribution in [3.05, 3.63) is 38.5 Å². The van der Waals surface area contributed by atoms with Gasteiger partial charge in [-0.15, -0.1) is 13.2 Å². The van der Waals surface area contributed by atoms with Crippen molar-refractivity contribution >= 4 is 6.72 Å². The number of rotatable bonds is 2. The second-order valence-electron chi connectivity index (χ2n) is 1.01. The third-order valence-electron chi connectivity index (χ3n) is 0.390. The Kier molecular flexibility index (Phi) is 353. The zero-order valence-electron chi connectivity index (χ0n) is 10.8. The van der Waals surface area contributed by atoms with E-state index in [4.69, 9.17) is 0 Å². The van der Waals surface area contributed by atoms with E-state index in [0.717, 1.165) is 6.54 Å². The normalized spacial score (nSPS) is 4.36. The highest BCUT2D eigenvalue weighted by Gasteiger charge is 1.43. The minimum absolute atomic E-state index is 0.833. The van der Waals surface area contributed by atoms with Crippen molar-refractivity contribution in [1.82, 2.24) is 0 Å². The Morgan fingerprint density at radius 3 is 1.07 bits per heavy atom. The van der Waals surface area contributed by atoms with E-state index in [2.05, 4.69) is 38.0 Å². The molecule has 1 heteroatoms. The summed E-state index contributed by atoms with van der Waals surface area (Å²) in [5.74, 6) is 0. The Morgan fingerprint density at radius 2 is 1.07 bits per heavy atom. The molecule has 0 heterocycles. The Labute approximate surface area is 92.0 Å². The lowest BCUT2D eigenvalue weighted by Crippen LogP contribution is -1.54. The number of allylic oxidation sites excluding steroid dienone is 2. The predicted octanol–water partition coefficient (Wildman–Crippen LogP) is 4.92. The van der Waals surface area contributed by atoms with E-state index < -0.39 is 0 Å². The van der Waals surface area contributed by atoms with Crippen LogP contribution in [0.2, 0.25) is 0 Å². The fraction of sp³-hybridized carbons (Fsp3) is 0.462. The van der Waals surface area contributed by atoms with E-state index in [0.29, 0.717) is 0 Å². The van der Waals surface area contributed by atoms with Gasteiger partial charge in [0, 0.05) is 6.54 Å². The Balaban J connectivity index is -0.0000000255. The van der Waals surface area contributed by atoms with Gasteiger partial charge in [-0.1, -0.05) is 53.0 Å². The molecule has 86 valence electrons. The lowest BCUT2D eigenvalue weighted by molar-refractivity contribution is 1.15. The van der Waals surface area contributed by atoms with Crippen molar-refractivity contribution in [3.8, 4) is 0 Å². The predicted molar refractivity (Wildman–Crippen MR) is 74.4 cm³/mol. The molecule has 0 aromatic rings. The van der Waals surface area contributed by atoms with E-state index in [9.17, 15) is 0 Å². The summed E-state index contributed by atoms with van der Waals surface area (Å²) in [6.45, 7) is 26.7. The Hall–Kier alpha value is -1.11. The van der Waals surface area contributed by atoms with Crippen molar-refractivity contribution in [2.45, 2.75) is 34.6 Å². The molecule has 0 bridgehead atoms. The average Bonchev–Trinajstić information content (AvgIpc) is 2.36. The number of nitrogens with zero attached hydrogens (tertiary/aromatic N) is 1. The quantitative estimate of drug-likeness (QED) is 0.340. The second kappa shape index (κ2) is 169. The maximum absolute atomic E-state index is 3.49. The van der Waals surface area contributed by atoms with Gasteiger partial charge in [0.15, 0.2) is 0 Å². The molecule has 0 aliphatic heterocycles. The Morgan fingerprint density at radius 1 is 0.929 bits per heavy atom. The van der Waals surface area contributed by atoms with Crippen LogP contribution in [0, 0.1) is 0 Å². The standard InChI is InChI=1S/C4H6.C3H7N.2C2H6.C2H4/c2*1-3-4-2;3*1-2/h3-4H,1-2H2;2-3H2,1H3;2*1-2H3;1-2H2. The van der Waals surface area contributed by atoms with Crippen molar-refractivity contribution in [3.63, 3.8) is 0 Å². The van der Waals surface area contributed by atoms with Crippen LogP contribution in [0.3, 0.4) is 0 Å². The third kappa shape index (κ3) is 1340. The molecule has 0 aromatic heterocycles. The van der Waals surface area contributed by atoms with E-state index in [-0.39, 0.29) is 0 Å². The van der Waals surface area contributed by atoms with Crippen LogP contribution < -0.4 is 0 Å². The van der Waals surface area contributed by atoms with Crippen LogP contribution in [-0.4, -0.2) is 13.3 Å².